The number of hydrogen-bond donors (Lipinski definition) is 0. The van der Waals surface area contributed by atoms with Crippen LogP contribution in [-0.4, -0.2) is 46.8 Å². The molecule has 1 aromatic carbocycles. The summed E-state index contributed by atoms with van der Waals surface area (Å²) in [6.07, 6.45) is 3.81. The van der Waals surface area contributed by atoms with E-state index < -0.39 is 10.0 Å². The summed E-state index contributed by atoms with van der Waals surface area (Å²) in [7, 11) is -3.42. The molecule has 0 N–H and O–H groups in total. The van der Waals surface area contributed by atoms with Crippen LogP contribution in [0.15, 0.2) is 34.3 Å². The van der Waals surface area contributed by atoms with Gasteiger partial charge in [-0.15, -0.1) is 10.2 Å². The van der Waals surface area contributed by atoms with E-state index in [-0.39, 0.29) is 0 Å². The molecule has 0 atom stereocenters. The molecule has 0 bridgehead atoms. The molecule has 1 aliphatic heterocycles. The lowest BCUT2D eigenvalue weighted by Gasteiger charge is -2.16. The molecule has 1 aliphatic rings. The van der Waals surface area contributed by atoms with Crippen LogP contribution in [0, 0.1) is 0 Å². The van der Waals surface area contributed by atoms with E-state index in [9.17, 15) is 8.42 Å². The van der Waals surface area contributed by atoms with Crippen molar-refractivity contribution in [2.24, 2.45) is 0 Å². The maximum absolute atomic E-state index is 12.7. The van der Waals surface area contributed by atoms with Gasteiger partial charge in [-0.05, 0) is 38.2 Å². The lowest BCUT2D eigenvalue weighted by Crippen LogP contribution is -2.27. The van der Waals surface area contributed by atoms with Crippen molar-refractivity contribution in [2.75, 3.05) is 19.3 Å². The number of hydrogen-bond acceptors (Lipinski definition) is 5. The summed E-state index contributed by atoms with van der Waals surface area (Å²) in [5.74, 6) is 0.704. The first-order chi connectivity index (χ1) is 11.1. The van der Waals surface area contributed by atoms with Gasteiger partial charge in [0.1, 0.15) is 0 Å². The van der Waals surface area contributed by atoms with Crippen LogP contribution < -0.4 is 0 Å². The number of rotatable bonds is 5. The molecular formula is C15H20N4O2S2. The summed E-state index contributed by atoms with van der Waals surface area (Å²) in [5.41, 5.74) is 0.778. The normalized spacial score (nSPS) is 16.1. The van der Waals surface area contributed by atoms with Gasteiger partial charge in [-0.25, -0.2) is 8.42 Å². The minimum atomic E-state index is -3.42. The first-order valence-electron chi connectivity index (χ1n) is 7.65. The smallest absolute Gasteiger partial charge is 0.243 e. The van der Waals surface area contributed by atoms with Gasteiger partial charge in [0.15, 0.2) is 11.0 Å². The maximum Gasteiger partial charge on any atom is 0.243 e. The Morgan fingerprint density at radius 1 is 1.22 bits per heavy atom. The van der Waals surface area contributed by atoms with Crippen LogP contribution >= 0.6 is 11.8 Å². The molecule has 23 heavy (non-hydrogen) atoms. The Morgan fingerprint density at radius 2 is 1.96 bits per heavy atom. The van der Waals surface area contributed by atoms with Crippen LogP contribution in [0.2, 0.25) is 0 Å². The molecule has 1 aromatic heterocycles. The summed E-state index contributed by atoms with van der Waals surface area (Å²) < 4.78 is 29.0. The summed E-state index contributed by atoms with van der Waals surface area (Å²) in [6.45, 7) is 3.97. The van der Waals surface area contributed by atoms with Gasteiger partial charge in [0, 0.05) is 25.2 Å². The Bertz CT molecular complexity index is 796. The molecule has 124 valence electrons. The monoisotopic (exact) mass is 352 g/mol. The molecule has 0 amide bonds. The highest BCUT2D eigenvalue weighted by Gasteiger charge is 2.27. The van der Waals surface area contributed by atoms with E-state index in [2.05, 4.69) is 10.2 Å². The zero-order valence-electron chi connectivity index (χ0n) is 13.3. The molecular weight excluding hydrogens is 332 g/mol. The summed E-state index contributed by atoms with van der Waals surface area (Å²) in [4.78, 5) is 0.327. The lowest BCUT2D eigenvalue weighted by atomic mass is 10.2. The van der Waals surface area contributed by atoms with Crippen molar-refractivity contribution in [3.05, 3.63) is 24.3 Å². The SMILES string of the molecule is CCn1c(SC)nnc1-c1cccc(S(=O)(=O)N2CCCC2)c1. The molecule has 3 rings (SSSR count). The fourth-order valence-corrected chi connectivity index (χ4v) is 4.93. The summed E-state index contributed by atoms with van der Waals surface area (Å²) in [6, 6.07) is 7.00. The number of thioether (sulfide) groups is 1. The second-order valence-electron chi connectivity index (χ2n) is 5.39. The van der Waals surface area contributed by atoms with E-state index >= 15 is 0 Å². The van der Waals surface area contributed by atoms with Crippen molar-refractivity contribution in [1.82, 2.24) is 19.1 Å². The summed E-state index contributed by atoms with van der Waals surface area (Å²) in [5, 5.41) is 9.23. The van der Waals surface area contributed by atoms with E-state index in [4.69, 9.17) is 0 Å². The molecule has 1 fully saturated rings. The Balaban J connectivity index is 2.02. The van der Waals surface area contributed by atoms with Crippen LogP contribution in [0.3, 0.4) is 0 Å². The van der Waals surface area contributed by atoms with Gasteiger partial charge < -0.3 is 4.57 Å². The van der Waals surface area contributed by atoms with Crippen LogP contribution in [-0.2, 0) is 16.6 Å². The van der Waals surface area contributed by atoms with Gasteiger partial charge in [-0.1, -0.05) is 23.9 Å². The number of nitrogens with zero attached hydrogens (tertiary/aromatic N) is 4. The Hall–Kier alpha value is -1.38. The van der Waals surface area contributed by atoms with Crippen molar-refractivity contribution < 1.29 is 8.42 Å². The van der Waals surface area contributed by atoms with Crippen molar-refractivity contribution in [1.29, 1.82) is 0 Å². The molecule has 8 heteroatoms. The second kappa shape index (κ2) is 6.62. The van der Waals surface area contributed by atoms with Crippen LogP contribution in [0.1, 0.15) is 19.8 Å². The van der Waals surface area contributed by atoms with Gasteiger partial charge >= 0.3 is 0 Å². The average Bonchev–Trinajstić information content (AvgIpc) is 3.24. The fraction of sp³-hybridized carbons (Fsp3) is 0.467. The maximum atomic E-state index is 12.7. The zero-order chi connectivity index (χ0) is 16.4. The third-order valence-electron chi connectivity index (χ3n) is 4.01. The molecule has 0 spiro atoms. The predicted molar refractivity (Wildman–Crippen MR) is 90.9 cm³/mol. The van der Waals surface area contributed by atoms with E-state index in [0.717, 1.165) is 30.1 Å². The Morgan fingerprint density at radius 3 is 2.61 bits per heavy atom. The first kappa shape index (κ1) is 16.5. The highest BCUT2D eigenvalue weighted by Crippen LogP contribution is 2.27. The van der Waals surface area contributed by atoms with Crippen molar-refractivity contribution in [3.8, 4) is 11.4 Å². The number of aromatic nitrogens is 3. The van der Waals surface area contributed by atoms with Gasteiger partial charge in [0.05, 0.1) is 4.90 Å². The highest BCUT2D eigenvalue weighted by atomic mass is 32.2. The topological polar surface area (TPSA) is 68.1 Å². The molecule has 2 aromatic rings. The second-order valence-corrected chi connectivity index (χ2v) is 8.10. The van der Waals surface area contributed by atoms with Crippen molar-refractivity contribution in [2.45, 2.75) is 36.4 Å². The third-order valence-corrected chi connectivity index (χ3v) is 6.57. The zero-order valence-corrected chi connectivity index (χ0v) is 14.9. The van der Waals surface area contributed by atoms with Gasteiger partial charge in [-0.2, -0.15) is 4.31 Å². The van der Waals surface area contributed by atoms with Crippen LogP contribution in [0.5, 0.6) is 0 Å². The lowest BCUT2D eigenvalue weighted by molar-refractivity contribution is 0.477. The minimum Gasteiger partial charge on any atom is -0.302 e. The van der Waals surface area contributed by atoms with Gasteiger partial charge in [-0.3, -0.25) is 0 Å². The molecule has 1 saturated heterocycles. The van der Waals surface area contributed by atoms with E-state index in [1.54, 1.807) is 22.5 Å². The Labute approximate surface area is 141 Å². The quantitative estimate of drug-likeness (QED) is 0.773. The fourth-order valence-electron chi connectivity index (χ4n) is 2.81. The van der Waals surface area contributed by atoms with Crippen molar-refractivity contribution in [3.63, 3.8) is 0 Å². The number of benzene rings is 1. The van der Waals surface area contributed by atoms with E-state index in [1.807, 2.05) is 23.8 Å². The third kappa shape index (κ3) is 3.02. The van der Waals surface area contributed by atoms with Crippen LogP contribution in [0.25, 0.3) is 11.4 Å². The van der Waals surface area contributed by atoms with Gasteiger partial charge in [0.2, 0.25) is 10.0 Å². The van der Waals surface area contributed by atoms with E-state index in [1.165, 1.54) is 11.8 Å². The predicted octanol–water partition coefficient (Wildman–Crippen LogP) is 2.47. The first-order valence-corrected chi connectivity index (χ1v) is 10.3. The number of sulfonamides is 1. The van der Waals surface area contributed by atoms with Crippen LogP contribution in [0.4, 0.5) is 0 Å². The van der Waals surface area contributed by atoms with Gasteiger partial charge in [0.25, 0.3) is 0 Å². The average molecular weight is 352 g/mol. The molecule has 0 aliphatic carbocycles. The highest BCUT2D eigenvalue weighted by molar-refractivity contribution is 7.98. The largest absolute Gasteiger partial charge is 0.302 e. The molecule has 0 radical (unpaired) electrons. The standard InChI is InChI=1S/C15H20N4O2S2/c1-3-19-14(16-17-15(19)22-2)12-7-6-8-13(11-12)23(20,21)18-9-4-5-10-18/h6-8,11H,3-5,9-10H2,1-2H3. The van der Waals surface area contributed by atoms with Crippen molar-refractivity contribution >= 4 is 21.8 Å². The minimum absolute atomic E-state index is 0.327. The molecule has 6 nitrogen and oxygen atoms in total. The Kier molecular flexibility index (Phi) is 4.74. The molecule has 2 heterocycles. The van der Waals surface area contributed by atoms with E-state index in [0.29, 0.717) is 23.8 Å². The molecule has 0 saturated carbocycles. The molecule has 0 unspecified atom stereocenters. The summed E-state index contributed by atoms with van der Waals surface area (Å²) >= 11 is 1.53.